The highest BCUT2D eigenvalue weighted by Gasteiger charge is 2.28. The molecule has 6 heteroatoms. The van der Waals surface area contributed by atoms with E-state index in [9.17, 15) is 14.0 Å². The lowest BCUT2D eigenvalue weighted by Gasteiger charge is -2.30. The predicted octanol–water partition coefficient (Wildman–Crippen LogP) is 3.58. The van der Waals surface area contributed by atoms with E-state index in [1.54, 1.807) is 37.4 Å². The summed E-state index contributed by atoms with van der Waals surface area (Å²) in [6.45, 7) is 2.08. The van der Waals surface area contributed by atoms with Crippen LogP contribution in [0.5, 0.6) is 0 Å². The topological polar surface area (TPSA) is 49.4 Å². The van der Waals surface area contributed by atoms with Gasteiger partial charge in [-0.25, -0.2) is 4.39 Å². The number of benzene rings is 2. The van der Waals surface area contributed by atoms with E-state index < -0.39 is 6.04 Å². The number of nitrogens with one attached hydrogen (secondary N) is 1. The fourth-order valence-electron chi connectivity index (χ4n) is 2.80. The van der Waals surface area contributed by atoms with Crippen molar-refractivity contribution >= 4 is 23.4 Å². The van der Waals surface area contributed by atoms with Crippen LogP contribution in [0, 0.1) is 5.82 Å². The third-order valence-corrected chi connectivity index (χ3v) is 4.38. The van der Waals surface area contributed by atoms with Crippen molar-refractivity contribution in [1.82, 2.24) is 10.2 Å². The molecule has 2 rings (SSSR count). The highest BCUT2D eigenvalue weighted by molar-refractivity contribution is 6.30. The lowest BCUT2D eigenvalue weighted by atomic mass is 10.1. The number of hydrogen-bond donors (Lipinski definition) is 1. The van der Waals surface area contributed by atoms with Gasteiger partial charge in [0.05, 0.1) is 6.42 Å². The molecule has 0 aromatic heterocycles. The van der Waals surface area contributed by atoms with E-state index in [1.807, 2.05) is 13.0 Å². The Kier molecular flexibility index (Phi) is 7.16. The van der Waals surface area contributed by atoms with E-state index in [4.69, 9.17) is 11.6 Å². The molecule has 0 aliphatic rings. The monoisotopic (exact) mass is 376 g/mol. The van der Waals surface area contributed by atoms with Gasteiger partial charge in [-0.1, -0.05) is 42.8 Å². The van der Waals surface area contributed by atoms with Crippen LogP contribution in [0.25, 0.3) is 0 Å². The van der Waals surface area contributed by atoms with Crippen molar-refractivity contribution in [2.75, 3.05) is 7.05 Å². The molecule has 2 amide bonds. The third-order valence-electron chi connectivity index (χ3n) is 4.14. The van der Waals surface area contributed by atoms with Crippen LogP contribution >= 0.6 is 11.6 Å². The molecule has 0 saturated heterocycles. The maximum absolute atomic E-state index is 13.2. The molecular weight excluding hydrogens is 355 g/mol. The minimum atomic E-state index is -0.600. The summed E-state index contributed by atoms with van der Waals surface area (Å²) in [6, 6.07) is 12.4. The molecule has 2 aromatic carbocycles. The average molecular weight is 377 g/mol. The first-order valence-electron chi connectivity index (χ1n) is 8.44. The van der Waals surface area contributed by atoms with Crippen LogP contribution in [0.4, 0.5) is 4.39 Å². The van der Waals surface area contributed by atoms with E-state index in [1.165, 1.54) is 17.0 Å². The van der Waals surface area contributed by atoms with Crippen LogP contribution in [0.2, 0.25) is 5.02 Å². The first kappa shape index (κ1) is 19.9. The minimum absolute atomic E-state index is 0.134. The predicted molar refractivity (Wildman–Crippen MR) is 100 cm³/mol. The fourth-order valence-corrected chi connectivity index (χ4v) is 3.01. The number of nitrogens with zero attached hydrogens (tertiary/aromatic N) is 1. The Bertz CT molecular complexity index is 765. The van der Waals surface area contributed by atoms with E-state index in [0.29, 0.717) is 11.4 Å². The first-order valence-corrected chi connectivity index (χ1v) is 8.82. The maximum atomic E-state index is 13.2. The Morgan fingerprint density at radius 3 is 2.42 bits per heavy atom. The number of carbonyl (C=O) groups excluding carboxylic acids is 2. The van der Waals surface area contributed by atoms with E-state index in [-0.39, 0.29) is 30.6 Å². The van der Waals surface area contributed by atoms with Crippen LogP contribution in [-0.2, 0) is 22.6 Å². The van der Waals surface area contributed by atoms with Crippen molar-refractivity contribution in [3.8, 4) is 0 Å². The van der Waals surface area contributed by atoms with Gasteiger partial charge in [0, 0.05) is 18.6 Å². The summed E-state index contributed by atoms with van der Waals surface area (Å²) in [6.07, 6.45) is 0.609. The zero-order chi connectivity index (χ0) is 19.1. The fraction of sp³-hybridized carbons (Fsp3) is 0.300. The van der Waals surface area contributed by atoms with E-state index in [0.717, 1.165) is 11.1 Å². The molecule has 0 fully saturated rings. The minimum Gasteiger partial charge on any atom is -0.357 e. The zero-order valence-electron chi connectivity index (χ0n) is 14.8. The second-order valence-corrected chi connectivity index (χ2v) is 6.43. The summed E-state index contributed by atoms with van der Waals surface area (Å²) >= 11 is 5.99. The van der Waals surface area contributed by atoms with Gasteiger partial charge in [0.15, 0.2) is 0 Å². The Morgan fingerprint density at radius 1 is 1.15 bits per heavy atom. The molecular formula is C20H22ClFN2O2. The van der Waals surface area contributed by atoms with Gasteiger partial charge in [0.1, 0.15) is 11.9 Å². The molecule has 0 saturated carbocycles. The van der Waals surface area contributed by atoms with Gasteiger partial charge in [0.2, 0.25) is 11.8 Å². The number of halogens is 2. The van der Waals surface area contributed by atoms with Gasteiger partial charge in [-0.2, -0.15) is 0 Å². The molecule has 4 nitrogen and oxygen atoms in total. The lowest BCUT2D eigenvalue weighted by Crippen LogP contribution is -2.48. The van der Waals surface area contributed by atoms with Crippen molar-refractivity contribution < 1.29 is 14.0 Å². The molecule has 0 aliphatic carbocycles. The van der Waals surface area contributed by atoms with Crippen LogP contribution in [0.3, 0.4) is 0 Å². The molecule has 138 valence electrons. The lowest BCUT2D eigenvalue weighted by molar-refractivity contribution is -0.140. The summed E-state index contributed by atoms with van der Waals surface area (Å²) in [5.74, 6) is -0.759. The molecule has 0 heterocycles. The van der Waals surface area contributed by atoms with Gasteiger partial charge < -0.3 is 10.2 Å². The van der Waals surface area contributed by atoms with Crippen LogP contribution < -0.4 is 5.32 Å². The second kappa shape index (κ2) is 9.34. The quantitative estimate of drug-likeness (QED) is 0.803. The summed E-state index contributed by atoms with van der Waals surface area (Å²) in [5.41, 5.74) is 1.53. The van der Waals surface area contributed by atoms with Crippen molar-refractivity contribution in [1.29, 1.82) is 0 Å². The normalized spacial score (nSPS) is 11.7. The molecule has 1 N–H and O–H groups in total. The molecule has 0 spiro atoms. The molecule has 1 atom stereocenters. The number of amides is 2. The first-order chi connectivity index (χ1) is 12.4. The summed E-state index contributed by atoms with van der Waals surface area (Å²) in [7, 11) is 1.54. The smallest absolute Gasteiger partial charge is 0.242 e. The Morgan fingerprint density at radius 2 is 1.85 bits per heavy atom. The summed E-state index contributed by atoms with van der Waals surface area (Å²) < 4.78 is 13.2. The third kappa shape index (κ3) is 5.30. The standard InChI is InChI=1S/C20H22ClFN2O2/c1-3-18(20(26)23-2)24(13-14-7-9-17(22)10-8-14)19(25)12-15-5-4-6-16(21)11-15/h4-11,18H,3,12-13H2,1-2H3,(H,23,26)/t18-/m1/s1. The number of likely N-dealkylation sites (N-methyl/N-ethyl adjacent to an activating group) is 1. The molecule has 0 aliphatic heterocycles. The van der Waals surface area contributed by atoms with Gasteiger partial charge in [-0.15, -0.1) is 0 Å². The van der Waals surface area contributed by atoms with Gasteiger partial charge >= 0.3 is 0 Å². The Labute approximate surface area is 158 Å². The Hall–Kier alpha value is -2.40. The highest BCUT2D eigenvalue weighted by atomic mass is 35.5. The largest absolute Gasteiger partial charge is 0.357 e. The molecule has 0 bridgehead atoms. The molecule has 26 heavy (non-hydrogen) atoms. The second-order valence-electron chi connectivity index (χ2n) is 5.99. The zero-order valence-corrected chi connectivity index (χ0v) is 15.6. The number of hydrogen-bond acceptors (Lipinski definition) is 2. The molecule has 0 radical (unpaired) electrons. The Balaban J connectivity index is 2.27. The maximum Gasteiger partial charge on any atom is 0.242 e. The summed E-state index contributed by atoms with van der Waals surface area (Å²) in [4.78, 5) is 26.7. The van der Waals surface area contributed by atoms with E-state index >= 15 is 0 Å². The highest BCUT2D eigenvalue weighted by Crippen LogP contribution is 2.17. The van der Waals surface area contributed by atoms with Crippen molar-refractivity contribution in [3.05, 3.63) is 70.5 Å². The molecule has 0 unspecified atom stereocenters. The summed E-state index contributed by atoms with van der Waals surface area (Å²) in [5, 5.41) is 3.16. The van der Waals surface area contributed by atoms with Gasteiger partial charge in [0.25, 0.3) is 0 Å². The number of carbonyl (C=O) groups is 2. The van der Waals surface area contributed by atoms with Crippen LogP contribution in [-0.4, -0.2) is 29.8 Å². The van der Waals surface area contributed by atoms with E-state index in [2.05, 4.69) is 5.32 Å². The van der Waals surface area contributed by atoms with Crippen molar-refractivity contribution in [2.45, 2.75) is 32.4 Å². The van der Waals surface area contributed by atoms with Crippen molar-refractivity contribution in [3.63, 3.8) is 0 Å². The SMILES string of the molecule is CC[C@H](C(=O)NC)N(Cc1ccc(F)cc1)C(=O)Cc1cccc(Cl)c1. The van der Waals surface area contributed by atoms with Crippen LogP contribution in [0.15, 0.2) is 48.5 Å². The van der Waals surface area contributed by atoms with Crippen molar-refractivity contribution in [2.24, 2.45) is 0 Å². The number of rotatable bonds is 7. The van der Waals surface area contributed by atoms with Gasteiger partial charge in [-0.05, 0) is 41.8 Å². The van der Waals surface area contributed by atoms with Crippen LogP contribution in [0.1, 0.15) is 24.5 Å². The average Bonchev–Trinajstić information content (AvgIpc) is 2.62. The van der Waals surface area contributed by atoms with Gasteiger partial charge in [-0.3, -0.25) is 9.59 Å². The molecule has 2 aromatic rings.